The van der Waals surface area contributed by atoms with Gasteiger partial charge in [-0.2, -0.15) is 0 Å². The molecular formula is C15H26N2O3S. The molecule has 0 saturated carbocycles. The molecule has 1 fully saturated rings. The molecule has 21 heavy (non-hydrogen) atoms. The number of nitrogens with one attached hydrogen (secondary N) is 1. The Labute approximate surface area is 127 Å². The van der Waals surface area contributed by atoms with Crippen LogP contribution in [0.15, 0.2) is 16.5 Å². The van der Waals surface area contributed by atoms with Crippen molar-refractivity contribution in [2.24, 2.45) is 0 Å². The normalized spacial score (nSPS) is 21.3. The third kappa shape index (κ3) is 4.83. The predicted octanol–water partition coefficient (Wildman–Crippen LogP) is 2.44. The number of furan rings is 1. The van der Waals surface area contributed by atoms with E-state index in [2.05, 4.69) is 15.7 Å². The average molecular weight is 314 g/mol. The lowest BCUT2D eigenvalue weighted by atomic mass is 10.1. The van der Waals surface area contributed by atoms with Crippen molar-refractivity contribution in [3.63, 3.8) is 0 Å². The van der Waals surface area contributed by atoms with Gasteiger partial charge in [-0.15, -0.1) is 0 Å². The molecule has 0 radical (unpaired) electrons. The van der Waals surface area contributed by atoms with Gasteiger partial charge in [-0.25, -0.2) is 13.1 Å². The van der Waals surface area contributed by atoms with E-state index in [0.717, 1.165) is 31.0 Å². The summed E-state index contributed by atoms with van der Waals surface area (Å²) in [7, 11) is -1.64. The molecule has 1 saturated heterocycles. The van der Waals surface area contributed by atoms with E-state index in [0.29, 0.717) is 12.5 Å². The summed E-state index contributed by atoms with van der Waals surface area (Å²) in [6.07, 6.45) is 5.36. The first-order valence-corrected chi connectivity index (χ1v) is 9.38. The molecule has 0 spiro atoms. The molecule has 0 amide bonds. The van der Waals surface area contributed by atoms with Crippen molar-refractivity contribution in [2.75, 3.05) is 25.9 Å². The molecule has 1 N–H and O–H groups in total. The molecule has 0 aromatic carbocycles. The first-order valence-electron chi connectivity index (χ1n) is 7.73. The summed E-state index contributed by atoms with van der Waals surface area (Å²) in [5, 5.41) is 0. The van der Waals surface area contributed by atoms with Crippen molar-refractivity contribution in [2.45, 2.75) is 45.1 Å². The number of aryl methyl sites for hydroxylation is 1. The Morgan fingerprint density at radius 1 is 1.33 bits per heavy atom. The van der Waals surface area contributed by atoms with Gasteiger partial charge in [0.2, 0.25) is 10.0 Å². The minimum absolute atomic E-state index is 0.184. The van der Waals surface area contributed by atoms with E-state index in [4.69, 9.17) is 4.42 Å². The van der Waals surface area contributed by atoms with E-state index in [1.807, 2.05) is 13.0 Å². The van der Waals surface area contributed by atoms with Gasteiger partial charge in [0, 0.05) is 0 Å². The number of hydrogen-bond acceptors (Lipinski definition) is 4. The molecule has 2 heterocycles. The Bertz CT molecular complexity index is 539. The largest absolute Gasteiger partial charge is 0.465 e. The van der Waals surface area contributed by atoms with Gasteiger partial charge in [0.15, 0.2) is 0 Å². The second kappa shape index (κ2) is 7.42. The summed E-state index contributed by atoms with van der Waals surface area (Å²) in [6.45, 7) is 3.78. The maximum Gasteiger partial charge on any atom is 0.211 e. The van der Waals surface area contributed by atoms with Gasteiger partial charge in [0.05, 0.1) is 11.8 Å². The molecular weight excluding hydrogens is 288 g/mol. The number of hydrogen-bond donors (Lipinski definition) is 1. The lowest BCUT2D eigenvalue weighted by Gasteiger charge is -2.28. The Kier molecular flexibility index (Phi) is 5.84. The molecule has 1 aliphatic heterocycles. The second-order valence-electron chi connectivity index (χ2n) is 5.73. The summed E-state index contributed by atoms with van der Waals surface area (Å²) in [5.41, 5.74) is 0. The Balaban J connectivity index is 1.99. The molecule has 1 atom stereocenters. The van der Waals surface area contributed by atoms with E-state index in [1.165, 1.54) is 26.3 Å². The standard InChI is InChI=1S/C15H26N2O3S/c1-13-8-9-15(20-13)14-7-4-3-5-10-17(14)11-6-12-21(18,19)16-2/h8-9,14,16H,3-7,10-12H2,1-2H3/t14-/m0/s1. The van der Waals surface area contributed by atoms with Gasteiger partial charge in [0.25, 0.3) is 0 Å². The van der Waals surface area contributed by atoms with Crippen molar-refractivity contribution >= 4 is 10.0 Å². The summed E-state index contributed by atoms with van der Waals surface area (Å²) in [4.78, 5) is 2.39. The summed E-state index contributed by atoms with van der Waals surface area (Å²) in [5.74, 6) is 2.14. The Hall–Kier alpha value is -0.850. The van der Waals surface area contributed by atoms with Crippen LogP contribution in [0.25, 0.3) is 0 Å². The highest BCUT2D eigenvalue weighted by molar-refractivity contribution is 7.89. The minimum Gasteiger partial charge on any atom is -0.465 e. The van der Waals surface area contributed by atoms with Crippen LogP contribution in [0.5, 0.6) is 0 Å². The fourth-order valence-corrected chi connectivity index (χ4v) is 3.66. The summed E-state index contributed by atoms with van der Waals surface area (Å²) < 4.78 is 31.2. The van der Waals surface area contributed by atoms with Gasteiger partial charge >= 0.3 is 0 Å². The molecule has 6 heteroatoms. The Morgan fingerprint density at radius 2 is 2.14 bits per heavy atom. The number of nitrogens with zero attached hydrogens (tertiary/aromatic N) is 1. The molecule has 5 nitrogen and oxygen atoms in total. The van der Waals surface area contributed by atoms with Gasteiger partial charge in [-0.3, -0.25) is 4.90 Å². The first kappa shape index (κ1) is 16.5. The highest BCUT2D eigenvalue weighted by Crippen LogP contribution is 2.31. The zero-order valence-corrected chi connectivity index (χ0v) is 13.8. The fourth-order valence-electron chi connectivity index (χ4n) is 2.95. The number of rotatable bonds is 6. The molecule has 120 valence electrons. The first-order chi connectivity index (χ1) is 10.0. The maximum absolute atomic E-state index is 11.5. The smallest absolute Gasteiger partial charge is 0.211 e. The zero-order chi connectivity index (χ0) is 15.3. The van der Waals surface area contributed by atoms with Crippen molar-refractivity contribution in [3.05, 3.63) is 23.7 Å². The topological polar surface area (TPSA) is 62.6 Å². The van der Waals surface area contributed by atoms with E-state index >= 15 is 0 Å². The summed E-state index contributed by atoms with van der Waals surface area (Å²) in [6, 6.07) is 4.35. The third-order valence-corrected chi connectivity index (χ3v) is 5.57. The molecule has 0 aliphatic carbocycles. The minimum atomic E-state index is -3.11. The summed E-state index contributed by atoms with van der Waals surface area (Å²) >= 11 is 0. The van der Waals surface area contributed by atoms with Gasteiger partial charge < -0.3 is 4.42 Å². The highest BCUT2D eigenvalue weighted by atomic mass is 32.2. The van der Waals surface area contributed by atoms with Crippen molar-refractivity contribution in [1.82, 2.24) is 9.62 Å². The molecule has 1 aromatic rings. The van der Waals surface area contributed by atoms with Crippen molar-refractivity contribution in [3.8, 4) is 0 Å². The third-order valence-electron chi connectivity index (χ3n) is 4.12. The lowest BCUT2D eigenvalue weighted by molar-refractivity contribution is 0.177. The lowest BCUT2D eigenvalue weighted by Crippen LogP contribution is -2.31. The molecule has 1 aliphatic rings. The van der Waals surface area contributed by atoms with E-state index in [9.17, 15) is 8.42 Å². The van der Waals surface area contributed by atoms with Crippen LogP contribution in [0.4, 0.5) is 0 Å². The van der Waals surface area contributed by atoms with E-state index in [1.54, 1.807) is 0 Å². The van der Waals surface area contributed by atoms with E-state index < -0.39 is 10.0 Å². The van der Waals surface area contributed by atoms with Gasteiger partial charge in [-0.05, 0) is 58.5 Å². The average Bonchev–Trinajstić information content (AvgIpc) is 2.74. The molecule has 1 aromatic heterocycles. The second-order valence-corrected chi connectivity index (χ2v) is 7.77. The van der Waals surface area contributed by atoms with Crippen LogP contribution in [0.1, 0.15) is 49.7 Å². The van der Waals surface area contributed by atoms with Crippen LogP contribution in [0, 0.1) is 6.92 Å². The van der Waals surface area contributed by atoms with Gasteiger partial charge in [-0.1, -0.05) is 12.8 Å². The molecule has 0 unspecified atom stereocenters. The van der Waals surface area contributed by atoms with Gasteiger partial charge in [0.1, 0.15) is 11.5 Å². The Morgan fingerprint density at radius 3 is 2.81 bits per heavy atom. The predicted molar refractivity (Wildman–Crippen MR) is 83.7 cm³/mol. The van der Waals surface area contributed by atoms with Crippen LogP contribution in [-0.2, 0) is 10.0 Å². The fraction of sp³-hybridized carbons (Fsp3) is 0.733. The zero-order valence-electron chi connectivity index (χ0n) is 13.0. The van der Waals surface area contributed by atoms with E-state index in [-0.39, 0.29) is 5.75 Å². The van der Waals surface area contributed by atoms with Crippen LogP contribution in [0.2, 0.25) is 0 Å². The number of sulfonamides is 1. The van der Waals surface area contributed by atoms with Crippen LogP contribution in [-0.4, -0.2) is 39.2 Å². The highest BCUT2D eigenvalue weighted by Gasteiger charge is 2.25. The molecule has 0 bridgehead atoms. The molecule has 2 rings (SSSR count). The monoisotopic (exact) mass is 314 g/mol. The SMILES string of the molecule is CNS(=O)(=O)CCCN1CCCCC[C@H]1c1ccc(C)o1. The van der Waals surface area contributed by atoms with Crippen LogP contribution < -0.4 is 4.72 Å². The number of likely N-dealkylation sites (tertiary alicyclic amines) is 1. The quantitative estimate of drug-likeness (QED) is 0.876. The van der Waals surface area contributed by atoms with Crippen molar-refractivity contribution < 1.29 is 12.8 Å². The van der Waals surface area contributed by atoms with Crippen LogP contribution >= 0.6 is 0 Å². The van der Waals surface area contributed by atoms with Crippen molar-refractivity contribution in [1.29, 1.82) is 0 Å². The van der Waals surface area contributed by atoms with Crippen LogP contribution in [0.3, 0.4) is 0 Å². The maximum atomic E-state index is 11.5.